The molecule has 0 fully saturated rings. The van der Waals surface area contributed by atoms with Crippen molar-refractivity contribution < 1.29 is 19.1 Å². The maximum absolute atomic E-state index is 11.1. The van der Waals surface area contributed by atoms with Crippen LogP contribution < -0.4 is 0 Å². The van der Waals surface area contributed by atoms with Gasteiger partial charge in [-0.15, -0.1) is 0 Å². The van der Waals surface area contributed by atoms with Crippen LogP contribution in [0.15, 0.2) is 11.8 Å². The minimum absolute atomic E-state index is 0.0173. The topological polar surface area (TPSA) is 71.9 Å². The van der Waals surface area contributed by atoms with E-state index in [9.17, 15) is 4.79 Å². The van der Waals surface area contributed by atoms with Crippen LogP contribution in [0.4, 0.5) is 0 Å². The molecular weight excluding hydrogens is 256 g/mol. The lowest BCUT2D eigenvalue weighted by molar-refractivity contribution is -0.144. The van der Waals surface area contributed by atoms with E-state index < -0.39 is 5.97 Å². The van der Waals surface area contributed by atoms with E-state index in [0.717, 1.165) is 31.2 Å². The number of hydrogen-bond donors (Lipinski definition) is 0. The average molecular weight is 280 g/mol. The smallest absolute Gasteiger partial charge is 0.413 e. The predicted octanol–water partition coefficient (Wildman–Crippen LogP) is 3.11. The summed E-state index contributed by atoms with van der Waals surface area (Å²) in [5.41, 5.74) is 8.59. The molecule has 0 aromatic carbocycles. The summed E-state index contributed by atoms with van der Waals surface area (Å²) in [5, 5.41) is 0. The van der Waals surface area contributed by atoms with Crippen LogP contribution in [0, 0.1) is 5.41 Å². The second-order valence-corrected chi connectivity index (χ2v) is 6.20. The highest BCUT2D eigenvalue weighted by Gasteiger charge is 2.23. The largest absolute Gasteiger partial charge is 0.495 e. The Morgan fingerprint density at radius 1 is 1.50 bits per heavy atom. The Bertz CT molecular complexity index is 423. The lowest BCUT2D eigenvalue weighted by atomic mass is 9.80. The van der Waals surface area contributed by atoms with Gasteiger partial charge < -0.3 is 15.0 Å². The van der Waals surface area contributed by atoms with Gasteiger partial charge in [0.1, 0.15) is 6.10 Å². The van der Waals surface area contributed by atoms with Gasteiger partial charge in [0.25, 0.3) is 0 Å². The minimum Gasteiger partial charge on any atom is -0.495 e. The van der Waals surface area contributed by atoms with E-state index in [0.29, 0.717) is 11.8 Å². The number of ether oxygens (including phenoxy) is 2. The molecule has 2 atom stereocenters. The number of carbonyl (C=O) groups is 1. The van der Waals surface area contributed by atoms with E-state index in [1.165, 1.54) is 0 Å². The van der Waals surface area contributed by atoms with E-state index in [4.69, 9.17) is 15.0 Å². The van der Waals surface area contributed by atoms with Crippen LogP contribution in [0.5, 0.6) is 0 Å². The SMILES string of the molecule is C[C@H](C[C@@H](C)OC1=CCC(C)(C)CC1)OC(=O)C=[N+]=[N-]. The van der Waals surface area contributed by atoms with Gasteiger partial charge in [0.2, 0.25) is 0 Å². The molecule has 0 saturated carbocycles. The van der Waals surface area contributed by atoms with E-state index in [1.54, 1.807) is 6.92 Å². The molecule has 0 bridgehead atoms. The summed E-state index contributed by atoms with van der Waals surface area (Å²) in [6, 6.07) is 0. The molecule has 1 aliphatic rings. The maximum Gasteiger partial charge on any atom is 0.413 e. The minimum atomic E-state index is -0.647. The third-order valence-electron chi connectivity index (χ3n) is 3.43. The Hall–Kier alpha value is -1.61. The standard InChI is InChI=1S/C15H24N2O3/c1-11(9-12(2)20-14(18)10-17-16)19-13-5-7-15(3,4)8-6-13/h5,10-12H,6-9H2,1-4H3/t11-,12-/m1/s1. The number of carbonyl (C=O) groups excluding carboxylic acids is 1. The highest BCUT2D eigenvalue weighted by Crippen LogP contribution is 2.35. The average Bonchev–Trinajstić information content (AvgIpc) is 2.31. The second-order valence-electron chi connectivity index (χ2n) is 6.20. The summed E-state index contributed by atoms with van der Waals surface area (Å²) < 4.78 is 10.9. The van der Waals surface area contributed by atoms with E-state index in [1.807, 2.05) is 6.92 Å². The first kappa shape index (κ1) is 16.4. The van der Waals surface area contributed by atoms with Crippen LogP contribution in [0.25, 0.3) is 5.53 Å². The molecule has 0 saturated heterocycles. The summed E-state index contributed by atoms with van der Waals surface area (Å²) in [6.45, 7) is 8.27. The summed E-state index contributed by atoms with van der Waals surface area (Å²) in [7, 11) is 0. The van der Waals surface area contributed by atoms with Crippen molar-refractivity contribution in [3.05, 3.63) is 17.4 Å². The first-order valence-electron chi connectivity index (χ1n) is 7.06. The Labute approximate surface area is 120 Å². The predicted molar refractivity (Wildman–Crippen MR) is 76.1 cm³/mol. The van der Waals surface area contributed by atoms with Gasteiger partial charge in [0, 0.05) is 12.8 Å². The van der Waals surface area contributed by atoms with Crippen molar-refractivity contribution in [1.82, 2.24) is 0 Å². The Morgan fingerprint density at radius 3 is 2.75 bits per heavy atom. The fourth-order valence-electron chi connectivity index (χ4n) is 2.26. The quantitative estimate of drug-likeness (QED) is 0.325. The summed E-state index contributed by atoms with van der Waals surface area (Å²) >= 11 is 0. The lowest BCUT2D eigenvalue weighted by Gasteiger charge is -2.30. The molecule has 20 heavy (non-hydrogen) atoms. The molecule has 0 radical (unpaired) electrons. The maximum atomic E-state index is 11.1. The van der Waals surface area contributed by atoms with Gasteiger partial charge in [0.15, 0.2) is 0 Å². The number of esters is 1. The zero-order valence-electron chi connectivity index (χ0n) is 12.8. The molecule has 0 aromatic heterocycles. The van der Waals surface area contributed by atoms with Crippen molar-refractivity contribution in [1.29, 1.82) is 0 Å². The van der Waals surface area contributed by atoms with Crippen LogP contribution >= 0.6 is 0 Å². The van der Waals surface area contributed by atoms with Gasteiger partial charge in [-0.25, -0.2) is 4.79 Å². The van der Waals surface area contributed by atoms with Crippen LogP contribution in [0.1, 0.15) is 53.4 Å². The van der Waals surface area contributed by atoms with Crippen molar-refractivity contribution in [2.75, 3.05) is 0 Å². The van der Waals surface area contributed by atoms with Gasteiger partial charge >= 0.3 is 12.2 Å². The van der Waals surface area contributed by atoms with Gasteiger partial charge in [-0.3, -0.25) is 0 Å². The molecule has 0 amide bonds. The van der Waals surface area contributed by atoms with Crippen molar-refractivity contribution in [3.63, 3.8) is 0 Å². The third-order valence-corrected chi connectivity index (χ3v) is 3.43. The van der Waals surface area contributed by atoms with Crippen LogP contribution in [-0.4, -0.2) is 29.2 Å². The highest BCUT2D eigenvalue weighted by molar-refractivity contribution is 6.20. The normalized spacial score (nSPS) is 20.1. The van der Waals surface area contributed by atoms with E-state index in [-0.39, 0.29) is 12.2 Å². The fraction of sp³-hybridized carbons (Fsp3) is 0.733. The molecule has 112 valence electrons. The molecule has 0 aliphatic heterocycles. The van der Waals surface area contributed by atoms with Crippen LogP contribution in [-0.2, 0) is 14.3 Å². The number of nitrogens with zero attached hydrogens (tertiary/aromatic N) is 2. The second kappa shape index (κ2) is 7.25. The van der Waals surface area contributed by atoms with Gasteiger partial charge in [0.05, 0.1) is 11.9 Å². The van der Waals surface area contributed by atoms with E-state index in [2.05, 4.69) is 24.7 Å². The monoisotopic (exact) mass is 280 g/mol. The number of hydrogen-bond acceptors (Lipinski definition) is 3. The summed E-state index contributed by atoms with van der Waals surface area (Å²) in [5.74, 6) is 0.387. The Kier molecular flexibility index (Phi) is 5.96. The molecular formula is C15H24N2O3. The highest BCUT2D eigenvalue weighted by atomic mass is 16.5. The Balaban J connectivity index is 2.36. The molecule has 0 unspecified atom stereocenters. The molecule has 0 spiro atoms. The molecule has 1 rings (SSSR count). The summed E-state index contributed by atoms with van der Waals surface area (Å²) in [4.78, 5) is 13.7. The molecule has 0 N–H and O–H groups in total. The number of allylic oxidation sites excluding steroid dienone is 2. The zero-order chi connectivity index (χ0) is 15.2. The first-order chi connectivity index (χ1) is 9.32. The molecule has 5 nitrogen and oxygen atoms in total. The van der Waals surface area contributed by atoms with Crippen molar-refractivity contribution in [2.45, 2.75) is 65.6 Å². The third kappa shape index (κ3) is 6.02. The fourth-order valence-corrected chi connectivity index (χ4v) is 2.26. The van der Waals surface area contributed by atoms with E-state index >= 15 is 0 Å². The molecule has 1 aliphatic carbocycles. The zero-order valence-corrected chi connectivity index (χ0v) is 12.8. The van der Waals surface area contributed by atoms with Crippen LogP contribution in [0.3, 0.4) is 0 Å². The first-order valence-corrected chi connectivity index (χ1v) is 7.06. The van der Waals surface area contributed by atoms with Gasteiger partial charge in [-0.2, -0.15) is 4.79 Å². The van der Waals surface area contributed by atoms with Crippen molar-refractivity contribution >= 4 is 12.2 Å². The Morgan fingerprint density at radius 2 is 2.20 bits per heavy atom. The summed E-state index contributed by atoms with van der Waals surface area (Å²) in [6.07, 6.45) is 6.33. The molecule has 0 aromatic rings. The van der Waals surface area contributed by atoms with Crippen LogP contribution in [0.2, 0.25) is 0 Å². The lowest BCUT2D eigenvalue weighted by Crippen LogP contribution is -2.23. The number of rotatable bonds is 6. The molecule has 0 heterocycles. The van der Waals surface area contributed by atoms with Crippen molar-refractivity contribution in [3.8, 4) is 0 Å². The van der Waals surface area contributed by atoms with Crippen molar-refractivity contribution in [2.24, 2.45) is 5.41 Å². The van der Waals surface area contributed by atoms with Gasteiger partial charge in [-0.1, -0.05) is 13.8 Å². The van der Waals surface area contributed by atoms with Gasteiger partial charge in [-0.05, 0) is 38.2 Å². The molecule has 5 heteroatoms.